The van der Waals surface area contributed by atoms with Gasteiger partial charge in [0.05, 0.1) is 0 Å². The summed E-state index contributed by atoms with van der Waals surface area (Å²) in [6, 6.07) is 9.01. The van der Waals surface area contributed by atoms with Gasteiger partial charge >= 0.3 is 0 Å². The van der Waals surface area contributed by atoms with E-state index in [1.54, 1.807) is 19.1 Å². The van der Waals surface area contributed by atoms with E-state index in [2.05, 4.69) is 0 Å². The third kappa shape index (κ3) is 4.42. The van der Waals surface area contributed by atoms with E-state index in [1.807, 2.05) is 18.2 Å². The van der Waals surface area contributed by atoms with Gasteiger partial charge in [0.1, 0.15) is 0 Å². The topological polar surface area (TPSA) is 17.1 Å². The van der Waals surface area contributed by atoms with Crippen LogP contribution in [0.25, 0.3) is 0 Å². The van der Waals surface area contributed by atoms with Gasteiger partial charge in [0, 0.05) is 17.9 Å². The quantitative estimate of drug-likeness (QED) is 0.589. The highest BCUT2D eigenvalue weighted by Crippen LogP contribution is 2.34. The molecule has 0 aliphatic rings. The van der Waals surface area contributed by atoms with Gasteiger partial charge in [0.15, 0.2) is 9.58 Å². The maximum absolute atomic E-state index is 11.8. The predicted molar refractivity (Wildman–Crippen MR) is 64.8 cm³/mol. The summed E-state index contributed by atoms with van der Waals surface area (Å²) in [4.78, 5) is 11.8. The highest BCUT2D eigenvalue weighted by atomic mass is 35.6. The number of rotatable bonds is 3. The minimum atomic E-state index is -1.37. The molecule has 4 heteroatoms. The Kier molecular flexibility index (Phi) is 4.45. The van der Waals surface area contributed by atoms with Crippen molar-refractivity contribution in [3.05, 3.63) is 35.9 Å². The molecule has 0 aromatic heterocycles. The molecule has 0 bridgehead atoms. The zero-order valence-electron chi connectivity index (χ0n) is 8.21. The lowest BCUT2D eigenvalue weighted by atomic mass is 9.97. The zero-order chi connectivity index (χ0) is 11.5. The summed E-state index contributed by atoms with van der Waals surface area (Å²) in [5.41, 5.74) is 0.652. The summed E-state index contributed by atoms with van der Waals surface area (Å²) in [5, 5.41) is 0. The van der Waals surface area contributed by atoms with Gasteiger partial charge in [-0.3, -0.25) is 4.79 Å². The van der Waals surface area contributed by atoms with Crippen molar-refractivity contribution in [2.75, 3.05) is 0 Å². The second-order valence-corrected chi connectivity index (χ2v) is 5.97. The maximum Gasteiger partial charge on any atom is 0.191 e. The Hall–Kier alpha value is -0.240. The van der Waals surface area contributed by atoms with Crippen molar-refractivity contribution in [3.63, 3.8) is 0 Å². The van der Waals surface area contributed by atoms with Gasteiger partial charge in [0.2, 0.25) is 0 Å². The van der Waals surface area contributed by atoms with Crippen LogP contribution in [0, 0.1) is 5.92 Å². The summed E-state index contributed by atoms with van der Waals surface area (Å²) in [6.07, 6.45) is 0.228. The number of alkyl halides is 3. The highest BCUT2D eigenvalue weighted by molar-refractivity contribution is 6.67. The normalized spacial score (nSPS) is 13.6. The van der Waals surface area contributed by atoms with E-state index in [1.165, 1.54) is 0 Å². The van der Waals surface area contributed by atoms with Gasteiger partial charge in [-0.05, 0) is 0 Å². The fraction of sp³-hybridized carbons (Fsp3) is 0.364. The van der Waals surface area contributed by atoms with Crippen LogP contribution < -0.4 is 0 Å². The summed E-state index contributed by atoms with van der Waals surface area (Å²) in [6.45, 7) is 1.76. The first-order valence-corrected chi connectivity index (χ1v) is 5.69. The first-order chi connectivity index (χ1) is 6.90. The Morgan fingerprint density at radius 2 is 1.80 bits per heavy atom. The Labute approximate surface area is 104 Å². The molecular weight excluding hydrogens is 254 g/mol. The van der Waals surface area contributed by atoms with Crippen LogP contribution in [0.4, 0.5) is 0 Å². The smallest absolute Gasteiger partial charge is 0.191 e. The minimum Gasteiger partial charge on any atom is -0.294 e. The zero-order valence-corrected chi connectivity index (χ0v) is 10.5. The highest BCUT2D eigenvalue weighted by Gasteiger charge is 2.27. The van der Waals surface area contributed by atoms with Crippen molar-refractivity contribution in [3.8, 4) is 0 Å². The number of carbonyl (C=O) groups is 1. The molecule has 1 rings (SSSR count). The lowest BCUT2D eigenvalue weighted by molar-refractivity contribution is 0.0925. The third-order valence-corrected chi connectivity index (χ3v) is 2.51. The van der Waals surface area contributed by atoms with E-state index in [0.717, 1.165) is 0 Å². The second kappa shape index (κ2) is 5.20. The Morgan fingerprint density at radius 3 is 2.27 bits per heavy atom. The van der Waals surface area contributed by atoms with E-state index < -0.39 is 3.79 Å². The first-order valence-electron chi connectivity index (χ1n) is 4.56. The first kappa shape index (κ1) is 12.8. The Balaban J connectivity index is 2.70. The van der Waals surface area contributed by atoms with Crippen molar-refractivity contribution in [1.82, 2.24) is 0 Å². The van der Waals surface area contributed by atoms with Crippen LogP contribution in [0.1, 0.15) is 23.7 Å². The van der Waals surface area contributed by atoms with Crippen LogP contribution in [0.2, 0.25) is 0 Å². The van der Waals surface area contributed by atoms with Crippen molar-refractivity contribution < 1.29 is 4.79 Å². The molecule has 0 amide bonds. The molecule has 15 heavy (non-hydrogen) atoms. The average Bonchev–Trinajstić information content (AvgIpc) is 2.15. The van der Waals surface area contributed by atoms with Gasteiger partial charge < -0.3 is 0 Å². The fourth-order valence-corrected chi connectivity index (χ4v) is 2.02. The van der Waals surface area contributed by atoms with Crippen LogP contribution in [-0.4, -0.2) is 9.58 Å². The number of Topliss-reactive ketones (excluding diaryl/α,β-unsaturated/α-hetero) is 1. The molecule has 0 N–H and O–H groups in total. The van der Waals surface area contributed by atoms with Crippen LogP contribution in [0.3, 0.4) is 0 Å². The molecule has 0 radical (unpaired) electrons. The third-order valence-electron chi connectivity index (χ3n) is 2.04. The average molecular weight is 266 g/mol. The van der Waals surface area contributed by atoms with Crippen molar-refractivity contribution in [2.45, 2.75) is 17.1 Å². The van der Waals surface area contributed by atoms with Gasteiger partial charge in [-0.1, -0.05) is 72.1 Å². The molecule has 0 aliphatic carbocycles. The monoisotopic (exact) mass is 264 g/mol. The number of halogens is 3. The van der Waals surface area contributed by atoms with E-state index in [-0.39, 0.29) is 18.1 Å². The summed E-state index contributed by atoms with van der Waals surface area (Å²) >= 11 is 16.9. The number of ketones is 1. The lowest BCUT2D eigenvalue weighted by Gasteiger charge is -2.16. The molecule has 1 unspecified atom stereocenters. The Bertz CT molecular complexity index is 329. The number of benzene rings is 1. The van der Waals surface area contributed by atoms with Crippen LogP contribution in [0.15, 0.2) is 30.3 Å². The molecular formula is C11H11Cl3O. The Morgan fingerprint density at radius 1 is 1.27 bits per heavy atom. The van der Waals surface area contributed by atoms with Crippen molar-refractivity contribution >= 4 is 40.6 Å². The van der Waals surface area contributed by atoms with E-state index >= 15 is 0 Å². The van der Waals surface area contributed by atoms with Crippen LogP contribution in [0.5, 0.6) is 0 Å². The number of hydrogen-bond acceptors (Lipinski definition) is 1. The van der Waals surface area contributed by atoms with Crippen molar-refractivity contribution in [1.29, 1.82) is 0 Å². The molecule has 1 aromatic carbocycles. The SMILES string of the molecule is CC(CC(Cl)(Cl)Cl)C(=O)c1ccccc1. The molecule has 1 atom stereocenters. The molecule has 0 fully saturated rings. The minimum absolute atomic E-state index is 0.00178. The van der Waals surface area contributed by atoms with Crippen LogP contribution >= 0.6 is 34.8 Å². The summed E-state index contributed by atoms with van der Waals surface area (Å²) < 4.78 is -1.37. The second-order valence-electron chi connectivity index (χ2n) is 3.45. The molecule has 0 spiro atoms. The lowest BCUT2D eigenvalue weighted by Crippen LogP contribution is -2.17. The summed E-state index contributed by atoms with van der Waals surface area (Å²) in [5.74, 6) is -0.290. The molecule has 0 saturated heterocycles. The summed E-state index contributed by atoms with van der Waals surface area (Å²) in [7, 11) is 0. The van der Waals surface area contributed by atoms with Crippen LogP contribution in [-0.2, 0) is 0 Å². The van der Waals surface area contributed by atoms with Crippen molar-refractivity contribution in [2.24, 2.45) is 5.92 Å². The fourth-order valence-electron chi connectivity index (χ4n) is 1.33. The molecule has 82 valence electrons. The molecule has 0 aliphatic heterocycles. The maximum atomic E-state index is 11.8. The van der Waals surface area contributed by atoms with Gasteiger partial charge in [-0.15, -0.1) is 0 Å². The predicted octanol–water partition coefficient (Wildman–Crippen LogP) is 4.27. The van der Waals surface area contributed by atoms with E-state index in [0.29, 0.717) is 5.56 Å². The van der Waals surface area contributed by atoms with E-state index in [9.17, 15) is 4.79 Å². The van der Waals surface area contributed by atoms with Gasteiger partial charge in [-0.2, -0.15) is 0 Å². The van der Waals surface area contributed by atoms with Gasteiger partial charge in [0.25, 0.3) is 0 Å². The molecule has 1 nitrogen and oxygen atoms in total. The van der Waals surface area contributed by atoms with Gasteiger partial charge in [-0.25, -0.2) is 0 Å². The molecule has 1 aromatic rings. The molecule has 0 saturated carbocycles. The number of carbonyl (C=O) groups excluding carboxylic acids is 1. The van der Waals surface area contributed by atoms with E-state index in [4.69, 9.17) is 34.8 Å². The number of hydrogen-bond donors (Lipinski definition) is 0. The standard InChI is InChI=1S/C11H11Cl3O/c1-8(7-11(12,13)14)10(15)9-5-3-2-4-6-9/h2-6,8H,7H2,1H3. The largest absolute Gasteiger partial charge is 0.294 e. The molecule has 0 heterocycles.